The summed E-state index contributed by atoms with van der Waals surface area (Å²) < 4.78 is 10.4. The zero-order valence-corrected chi connectivity index (χ0v) is 14.7. The molecule has 0 saturated heterocycles. The third kappa shape index (κ3) is 4.90. The van der Waals surface area contributed by atoms with Crippen LogP contribution in [-0.4, -0.2) is 48.1 Å². The summed E-state index contributed by atoms with van der Waals surface area (Å²) in [5.74, 6) is 0.802. The molecule has 0 radical (unpaired) electrons. The van der Waals surface area contributed by atoms with Gasteiger partial charge in [0.25, 0.3) is 11.5 Å². The first-order chi connectivity index (χ1) is 12.1. The minimum Gasteiger partial charge on any atom is -0.496 e. The highest BCUT2D eigenvalue weighted by atomic mass is 16.5. The second-order valence-corrected chi connectivity index (χ2v) is 5.60. The molecule has 0 atom stereocenters. The van der Waals surface area contributed by atoms with E-state index in [9.17, 15) is 9.59 Å². The highest BCUT2D eigenvalue weighted by Crippen LogP contribution is 2.20. The number of carbonyl (C=O) groups is 1. The summed E-state index contributed by atoms with van der Waals surface area (Å²) in [6, 6.07) is 7.49. The number of H-pyrrole nitrogens is 1. The first-order valence-electron chi connectivity index (χ1n) is 8.02. The van der Waals surface area contributed by atoms with E-state index in [0.717, 1.165) is 5.56 Å². The maximum Gasteiger partial charge on any atom is 0.263 e. The molecular weight excluding hydrogens is 322 g/mol. The van der Waals surface area contributed by atoms with E-state index < -0.39 is 5.56 Å². The molecule has 0 fully saturated rings. The van der Waals surface area contributed by atoms with Crippen molar-refractivity contribution in [3.8, 4) is 5.75 Å². The molecule has 25 heavy (non-hydrogen) atoms. The summed E-state index contributed by atoms with van der Waals surface area (Å²) in [7, 11) is 3.20. The van der Waals surface area contributed by atoms with Crippen molar-refractivity contribution in [2.75, 3.05) is 27.4 Å². The van der Waals surface area contributed by atoms with E-state index in [1.54, 1.807) is 26.0 Å². The van der Waals surface area contributed by atoms with Gasteiger partial charge >= 0.3 is 0 Å². The molecule has 7 nitrogen and oxygen atoms in total. The Hall–Kier alpha value is -2.67. The van der Waals surface area contributed by atoms with Crippen molar-refractivity contribution in [2.45, 2.75) is 19.9 Å². The highest BCUT2D eigenvalue weighted by molar-refractivity contribution is 5.93. The number of hydrogen-bond acceptors (Lipinski definition) is 5. The van der Waals surface area contributed by atoms with Crippen LogP contribution in [0.25, 0.3) is 0 Å². The maximum absolute atomic E-state index is 12.9. The van der Waals surface area contributed by atoms with Crippen LogP contribution in [0.5, 0.6) is 5.75 Å². The van der Waals surface area contributed by atoms with Crippen molar-refractivity contribution in [3.63, 3.8) is 0 Å². The summed E-state index contributed by atoms with van der Waals surface area (Å²) >= 11 is 0. The fourth-order valence-corrected chi connectivity index (χ4v) is 2.50. The van der Waals surface area contributed by atoms with Gasteiger partial charge in [0.1, 0.15) is 17.1 Å². The van der Waals surface area contributed by atoms with Crippen molar-refractivity contribution in [2.24, 2.45) is 0 Å². The molecule has 0 unspecified atom stereocenters. The van der Waals surface area contributed by atoms with Gasteiger partial charge in [-0.1, -0.05) is 18.2 Å². The van der Waals surface area contributed by atoms with Gasteiger partial charge in [-0.2, -0.15) is 0 Å². The minimum absolute atomic E-state index is 0.0258. The van der Waals surface area contributed by atoms with Crippen LogP contribution in [0.3, 0.4) is 0 Å². The lowest BCUT2D eigenvalue weighted by atomic mass is 10.1. The van der Waals surface area contributed by atoms with Crippen LogP contribution in [0, 0.1) is 6.92 Å². The second kappa shape index (κ2) is 8.98. The fourth-order valence-electron chi connectivity index (χ4n) is 2.50. The van der Waals surface area contributed by atoms with Gasteiger partial charge in [-0.15, -0.1) is 0 Å². The average Bonchev–Trinajstić information content (AvgIpc) is 2.61. The highest BCUT2D eigenvalue weighted by Gasteiger charge is 2.20. The number of carbonyl (C=O) groups excluding carboxylic acids is 1. The number of nitrogens with zero attached hydrogens (tertiary/aromatic N) is 2. The van der Waals surface area contributed by atoms with Crippen LogP contribution in [0.15, 0.2) is 35.3 Å². The van der Waals surface area contributed by atoms with Gasteiger partial charge in [-0.05, 0) is 19.4 Å². The zero-order valence-electron chi connectivity index (χ0n) is 14.7. The predicted octanol–water partition coefficient (Wildman–Crippen LogP) is 1.77. The summed E-state index contributed by atoms with van der Waals surface area (Å²) in [6.45, 7) is 2.98. The van der Waals surface area contributed by atoms with Crippen molar-refractivity contribution < 1.29 is 14.3 Å². The van der Waals surface area contributed by atoms with Crippen LogP contribution < -0.4 is 10.3 Å². The molecule has 0 saturated carbocycles. The molecule has 0 spiro atoms. The van der Waals surface area contributed by atoms with E-state index in [1.807, 2.05) is 24.3 Å². The van der Waals surface area contributed by atoms with Gasteiger partial charge in [-0.3, -0.25) is 9.59 Å². The number of amides is 1. The van der Waals surface area contributed by atoms with Crippen LogP contribution in [0.1, 0.15) is 28.2 Å². The van der Waals surface area contributed by atoms with Crippen LogP contribution in [-0.2, 0) is 11.3 Å². The Morgan fingerprint density at radius 2 is 2.04 bits per heavy atom. The third-order valence-corrected chi connectivity index (χ3v) is 3.77. The topological polar surface area (TPSA) is 84.5 Å². The Morgan fingerprint density at radius 3 is 2.72 bits per heavy atom. The number of nitrogens with one attached hydrogen (secondary N) is 1. The molecule has 134 valence electrons. The molecular formula is C18H23N3O4. The van der Waals surface area contributed by atoms with E-state index in [1.165, 1.54) is 6.20 Å². The van der Waals surface area contributed by atoms with E-state index in [4.69, 9.17) is 9.47 Å². The SMILES string of the molecule is COCCCN(Cc1ccccc1OC)C(=O)c1cnc(C)[nH]c1=O. The molecule has 0 bridgehead atoms. The van der Waals surface area contributed by atoms with Crippen molar-refractivity contribution in [1.29, 1.82) is 0 Å². The van der Waals surface area contributed by atoms with E-state index >= 15 is 0 Å². The van der Waals surface area contributed by atoms with Gasteiger partial charge in [0.05, 0.1) is 7.11 Å². The third-order valence-electron chi connectivity index (χ3n) is 3.77. The standard InChI is InChI=1S/C18H23N3O4/c1-13-19-11-15(17(22)20-13)18(23)21(9-6-10-24-2)12-14-7-4-5-8-16(14)25-3/h4-5,7-8,11H,6,9-10,12H2,1-3H3,(H,19,20,22). The number of aromatic nitrogens is 2. The van der Waals surface area contributed by atoms with Gasteiger partial charge in [-0.25, -0.2) is 4.98 Å². The molecule has 7 heteroatoms. The number of methoxy groups -OCH3 is 2. The van der Waals surface area contributed by atoms with Gasteiger partial charge in [0.15, 0.2) is 0 Å². The fraction of sp³-hybridized carbons (Fsp3) is 0.389. The Morgan fingerprint density at radius 1 is 1.28 bits per heavy atom. The molecule has 1 N–H and O–H groups in total. The first-order valence-corrected chi connectivity index (χ1v) is 8.02. The minimum atomic E-state index is -0.436. The number of rotatable bonds is 8. The predicted molar refractivity (Wildman–Crippen MR) is 93.8 cm³/mol. The molecule has 1 heterocycles. The normalized spacial score (nSPS) is 10.5. The van der Waals surface area contributed by atoms with Crippen molar-refractivity contribution >= 4 is 5.91 Å². The molecule has 1 aromatic carbocycles. The monoisotopic (exact) mass is 345 g/mol. The number of aryl methyl sites for hydroxylation is 1. The van der Waals surface area contributed by atoms with Crippen molar-refractivity contribution in [1.82, 2.24) is 14.9 Å². The number of aromatic amines is 1. The van der Waals surface area contributed by atoms with Gasteiger partial charge in [0, 0.05) is 38.6 Å². The summed E-state index contributed by atoms with van der Waals surface area (Å²) in [5, 5.41) is 0. The molecule has 0 aliphatic rings. The molecule has 1 amide bonds. The average molecular weight is 345 g/mol. The van der Waals surface area contributed by atoms with E-state index in [0.29, 0.717) is 37.7 Å². The maximum atomic E-state index is 12.9. The lowest BCUT2D eigenvalue weighted by molar-refractivity contribution is 0.0720. The molecule has 2 rings (SSSR count). The summed E-state index contributed by atoms with van der Waals surface area (Å²) in [6.07, 6.45) is 1.98. The van der Waals surface area contributed by atoms with Gasteiger partial charge < -0.3 is 19.4 Å². The van der Waals surface area contributed by atoms with Crippen LogP contribution >= 0.6 is 0 Å². The summed E-state index contributed by atoms with van der Waals surface area (Å²) in [4.78, 5) is 33.2. The molecule has 2 aromatic rings. The van der Waals surface area contributed by atoms with Crippen molar-refractivity contribution in [3.05, 3.63) is 57.8 Å². The number of hydrogen-bond donors (Lipinski definition) is 1. The Kier molecular flexibility index (Phi) is 6.71. The zero-order chi connectivity index (χ0) is 18.2. The van der Waals surface area contributed by atoms with Gasteiger partial charge in [0.2, 0.25) is 0 Å². The van der Waals surface area contributed by atoms with Crippen LogP contribution in [0.2, 0.25) is 0 Å². The molecule has 0 aliphatic carbocycles. The lowest BCUT2D eigenvalue weighted by Gasteiger charge is -2.23. The van der Waals surface area contributed by atoms with Crippen LogP contribution in [0.4, 0.5) is 0 Å². The molecule has 1 aromatic heterocycles. The van der Waals surface area contributed by atoms with E-state index in [-0.39, 0.29) is 11.5 Å². The first kappa shape index (κ1) is 18.7. The Labute approximate surface area is 146 Å². The number of para-hydroxylation sites is 1. The summed E-state index contributed by atoms with van der Waals surface area (Å²) in [5.41, 5.74) is 0.458. The number of ether oxygens (including phenoxy) is 2. The smallest absolute Gasteiger partial charge is 0.263 e. The Bertz CT molecular complexity index is 773. The largest absolute Gasteiger partial charge is 0.496 e. The lowest BCUT2D eigenvalue weighted by Crippen LogP contribution is -2.36. The quantitative estimate of drug-likeness (QED) is 0.737. The Balaban J connectivity index is 2.28. The second-order valence-electron chi connectivity index (χ2n) is 5.60. The number of benzene rings is 1. The van der Waals surface area contributed by atoms with E-state index in [2.05, 4.69) is 9.97 Å². The molecule has 0 aliphatic heterocycles.